The predicted molar refractivity (Wildman–Crippen MR) is 48.5 cm³/mol. The summed E-state index contributed by atoms with van der Waals surface area (Å²) in [6.45, 7) is 8.16. The van der Waals surface area contributed by atoms with Crippen molar-refractivity contribution in [2.45, 2.75) is 51.6 Å². The van der Waals surface area contributed by atoms with Crippen LogP contribution in [0.4, 0.5) is 0 Å². The highest BCUT2D eigenvalue weighted by molar-refractivity contribution is 7.81. The average molecular weight is 162 g/mol. The number of hydrogen-bond acceptors (Lipinski definition) is 2. The van der Waals surface area contributed by atoms with E-state index in [1.54, 1.807) is 0 Å². The molecule has 10 heavy (non-hydrogen) atoms. The van der Waals surface area contributed by atoms with Crippen LogP contribution >= 0.6 is 12.6 Å². The lowest BCUT2D eigenvalue weighted by Crippen LogP contribution is -2.22. The van der Waals surface area contributed by atoms with Crippen LogP contribution < -0.4 is 0 Å². The lowest BCUT2D eigenvalue weighted by atomic mass is 10.2. The summed E-state index contributed by atoms with van der Waals surface area (Å²) in [6.07, 6.45) is 2.62. The molecule has 0 amide bonds. The smallest absolute Gasteiger partial charge is 0.105 e. The van der Waals surface area contributed by atoms with Crippen molar-refractivity contribution in [2.24, 2.45) is 0 Å². The largest absolute Gasteiger partial charge is 0.362 e. The number of rotatable bonds is 4. The first-order valence-corrected chi connectivity index (χ1v) is 4.30. The molecule has 0 spiro atoms. The third-order valence-corrected chi connectivity index (χ3v) is 1.29. The molecule has 0 aliphatic carbocycles. The maximum Gasteiger partial charge on any atom is 0.105 e. The van der Waals surface area contributed by atoms with Crippen molar-refractivity contribution in [3.8, 4) is 0 Å². The third-order valence-electron chi connectivity index (χ3n) is 1.18. The van der Waals surface area contributed by atoms with Gasteiger partial charge in [-0.3, -0.25) is 0 Å². The minimum absolute atomic E-state index is 0.283. The molecule has 0 bridgehead atoms. The van der Waals surface area contributed by atoms with E-state index >= 15 is 0 Å². The van der Waals surface area contributed by atoms with Crippen LogP contribution in [0, 0.1) is 0 Å². The fraction of sp³-hybridized carbons (Fsp3) is 1.00. The molecule has 62 valence electrons. The minimum Gasteiger partial charge on any atom is -0.362 e. The molecular formula is C8H18OS. The molecule has 0 aromatic heterocycles. The first-order chi connectivity index (χ1) is 4.45. The van der Waals surface area contributed by atoms with Crippen molar-refractivity contribution in [3.05, 3.63) is 0 Å². The highest BCUT2D eigenvalue weighted by atomic mass is 32.1. The van der Waals surface area contributed by atoms with Crippen molar-refractivity contribution in [1.82, 2.24) is 0 Å². The van der Waals surface area contributed by atoms with Gasteiger partial charge in [-0.25, -0.2) is 0 Å². The fourth-order valence-corrected chi connectivity index (χ4v) is 1.14. The molecule has 0 N–H and O–H groups in total. The van der Waals surface area contributed by atoms with Crippen LogP contribution in [-0.4, -0.2) is 11.0 Å². The summed E-state index contributed by atoms with van der Waals surface area (Å²) in [5.74, 6) is 0. The van der Waals surface area contributed by atoms with E-state index in [2.05, 4.69) is 26.5 Å². The molecule has 0 saturated carbocycles. The standard InChI is InChI=1S/C8H18OS/c1-5-6-7(2)9-8(3,4)10/h7,10H,5-6H2,1-4H3. The Balaban J connectivity index is 3.47. The number of ether oxygens (including phenoxy) is 1. The first-order valence-electron chi connectivity index (χ1n) is 3.86. The van der Waals surface area contributed by atoms with Gasteiger partial charge in [0.25, 0.3) is 0 Å². The molecule has 0 aromatic carbocycles. The van der Waals surface area contributed by atoms with E-state index in [-0.39, 0.29) is 4.93 Å². The van der Waals surface area contributed by atoms with Gasteiger partial charge in [-0.1, -0.05) is 13.3 Å². The molecule has 0 radical (unpaired) electrons. The molecule has 0 aliphatic heterocycles. The van der Waals surface area contributed by atoms with Gasteiger partial charge in [0.05, 0.1) is 6.10 Å². The van der Waals surface area contributed by atoms with Crippen molar-refractivity contribution in [2.75, 3.05) is 0 Å². The van der Waals surface area contributed by atoms with E-state index in [0.717, 1.165) is 6.42 Å². The molecule has 1 unspecified atom stereocenters. The zero-order valence-electron chi connectivity index (χ0n) is 7.35. The summed E-state index contributed by atoms with van der Waals surface area (Å²) < 4.78 is 5.54. The van der Waals surface area contributed by atoms with Gasteiger partial charge in [0.1, 0.15) is 4.93 Å². The van der Waals surface area contributed by atoms with Crippen molar-refractivity contribution < 1.29 is 4.74 Å². The highest BCUT2D eigenvalue weighted by Gasteiger charge is 2.14. The lowest BCUT2D eigenvalue weighted by Gasteiger charge is -2.23. The SMILES string of the molecule is CCCC(C)OC(C)(C)S. The summed E-state index contributed by atoms with van der Waals surface area (Å²) in [5, 5.41) is 0. The Bertz CT molecular complexity index is 85.7. The van der Waals surface area contributed by atoms with Crippen LogP contribution in [0.15, 0.2) is 0 Å². The van der Waals surface area contributed by atoms with Crippen LogP contribution in [0.5, 0.6) is 0 Å². The normalized spacial score (nSPS) is 15.3. The summed E-state index contributed by atoms with van der Waals surface area (Å²) in [4.78, 5) is -0.283. The van der Waals surface area contributed by atoms with Crippen LogP contribution in [0.25, 0.3) is 0 Å². The topological polar surface area (TPSA) is 9.23 Å². The zero-order valence-corrected chi connectivity index (χ0v) is 8.24. The van der Waals surface area contributed by atoms with Gasteiger partial charge in [-0.15, -0.1) is 12.6 Å². The van der Waals surface area contributed by atoms with Gasteiger partial charge in [-0.05, 0) is 27.2 Å². The first kappa shape index (κ1) is 10.3. The third kappa shape index (κ3) is 6.43. The summed E-state index contributed by atoms with van der Waals surface area (Å²) in [5.41, 5.74) is 0. The van der Waals surface area contributed by atoms with Gasteiger partial charge in [0.15, 0.2) is 0 Å². The highest BCUT2D eigenvalue weighted by Crippen LogP contribution is 2.17. The second-order valence-corrected chi connectivity index (χ2v) is 4.24. The average Bonchev–Trinajstić information content (AvgIpc) is 1.59. The molecule has 2 heteroatoms. The number of thiol groups is 1. The molecule has 0 rings (SSSR count). The summed E-state index contributed by atoms with van der Waals surface area (Å²) >= 11 is 4.26. The maximum absolute atomic E-state index is 5.54. The Kier molecular flexibility index (Phi) is 4.37. The quantitative estimate of drug-likeness (QED) is 0.494. The summed E-state index contributed by atoms with van der Waals surface area (Å²) in [7, 11) is 0. The van der Waals surface area contributed by atoms with Crippen LogP contribution in [0.2, 0.25) is 0 Å². The molecule has 1 atom stereocenters. The minimum atomic E-state index is -0.283. The van der Waals surface area contributed by atoms with Gasteiger partial charge >= 0.3 is 0 Å². The van der Waals surface area contributed by atoms with Crippen LogP contribution in [0.3, 0.4) is 0 Å². The lowest BCUT2D eigenvalue weighted by molar-refractivity contribution is -0.00667. The van der Waals surface area contributed by atoms with Crippen molar-refractivity contribution in [1.29, 1.82) is 0 Å². The molecule has 1 nitrogen and oxygen atoms in total. The number of hydrogen-bond donors (Lipinski definition) is 1. The second kappa shape index (κ2) is 4.24. The Morgan fingerprint density at radius 3 is 2.30 bits per heavy atom. The molecular weight excluding hydrogens is 144 g/mol. The van der Waals surface area contributed by atoms with E-state index < -0.39 is 0 Å². The fourth-order valence-electron chi connectivity index (χ4n) is 0.958. The second-order valence-electron chi connectivity index (χ2n) is 3.16. The van der Waals surface area contributed by atoms with E-state index in [1.165, 1.54) is 6.42 Å². The van der Waals surface area contributed by atoms with Gasteiger partial charge in [0.2, 0.25) is 0 Å². The Morgan fingerprint density at radius 1 is 1.50 bits per heavy atom. The van der Waals surface area contributed by atoms with E-state index in [9.17, 15) is 0 Å². The van der Waals surface area contributed by atoms with Crippen molar-refractivity contribution >= 4 is 12.6 Å². The molecule has 0 heterocycles. The molecule has 0 aliphatic rings. The van der Waals surface area contributed by atoms with Crippen LogP contribution in [0.1, 0.15) is 40.5 Å². The van der Waals surface area contributed by atoms with Gasteiger partial charge in [-0.2, -0.15) is 0 Å². The van der Waals surface area contributed by atoms with E-state index in [4.69, 9.17) is 4.74 Å². The van der Waals surface area contributed by atoms with Gasteiger partial charge in [0, 0.05) is 0 Å². The molecule has 0 aromatic rings. The summed E-state index contributed by atoms with van der Waals surface area (Å²) in [6, 6.07) is 0. The maximum atomic E-state index is 5.54. The van der Waals surface area contributed by atoms with Crippen molar-refractivity contribution in [3.63, 3.8) is 0 Å². The Hall–Kier alpha value is 0.310. The monoisotopic (exact) mass is 162 g/mol. The zero-order chi connectivity index (χ0) is 8.20. The van der Waals surface area contributed by atoms with Gasteiger partial charge < -0.3 is 4.74 Å². The van der Waals surface area contributed by atoms with E-state index in [0.29, 0.717) is 6.10 Å². The molecule has 0 fully saturated rings. The Labute approximate surface area is 69.6 Å². The Morgan fingerprint density at radius 2 is 2.00 bits per heavy atom. The predicted octanol–water partition coefficient (Wildman–Crippen LogP) is 2.86. The molecule has 0 saturated heterocycles. The van der Waals surface area contributed by atoms with Crippen LogP contribution in [-0.2, 0) is 4.74 Å². The van der Waals surface area contributed by atoms with E-state index in [1.807, 2.05) is 13.8 Å².